The third-order valence-corrected chi connectivity index (χ3v) is 26.4. The molecular weight excluding hydrogens is 1830 g/mol. The van der Waals surface area contributed by atoms with Crippen LogP contribution in [0.4, 0.5) is 0 Å². The third-order valence-electron chi connectivity index (χ3n) is 26.4. The van der Waals surface area contributed by atoms with Gasteiger partial charge in [0.05, 0.1) is 77.1 Å². The number of carboxylic acid groups (broad SMARTS) is 1. The molecule has 0 saturated carbocycles. The standard InChI is InChI=1S/C93H164N4O41/c1-6-8-10-12-14-16-18-20-21-22-23-24-25-26-27-29-31-33-35-37-39-41-64(111)97-54(55(108)40-38-36-34-32-30-28-19-17-15-13-11-9-7-2)50-125-88-75(119)74(118)81(63(49-104)131-88)134-90-77(121)84(70(114)59(45-100)127-90)136-86-66(95-52(4)106)72(116)79(61(47-102)129-86)132-89-76(120)83(69(113)58(44-99)126-89)135-87-67(96-53(5)107)73(117)80(62(48-103)130-87)133-91-78(122)85(71(115)60(46-101)128-91)138-93(92(123)124)42-56(109)65(94-51(3)105)82(137-93)68(112)57(110)43-98/h20-21,38,40,54-63,65-91,98-104,108-110,112-122H,6-19,22-37,39,41-50H2,1-5H3,(H,94,105)(H,95,106)(H,96,107)(H,97,111)(H,123,124)/b21-20-,40-38+/t54-,55+,56?,57+,58?,59?,60?,61?,62?,63?,65+,66?,67?,68+,69-,70-,71-,72+,73+,74+,75?,76?,77?,78?,79+,80+,81+,82?,83-,84-,85-,86-,87-,88+,89-,90-,91-,93-/m0/s1. The van der Waals surface area contributed by atoms with E-state index in [-0.39, 0.29) is 12.3 Å². The maximum absolute atomic E-state index is 13.6. The Morgan fingerprint density at radius 1 is 0.377 bits per heavy atom. The Morgan fingerprint density at radius 2 is 0.710 bits per heavy atom. The average Bonchev–Trinajstić information content (AvgIpc) is 0.754. The minimum atomic E-state index is -3.25. The van der Waals surface area contributed by atoms with Crippen molar-refractivity contribution in [2.45, 2.75) is 479 Å². The van der Waals surface area contributed by atoms with Crippen LogP contribution in [-0.2, 0) is 90.3 Å². The number of allylic oxidation sites excluding steroid dienone is 3. The summed E-state index contributed by atoms with van der Waals surface area (Å²) in [5.74, 6) is -8.44. The van der Waals surface area contributed by atoms with Crippen LogP contribution in [0.1, 0.15) is 247 Å². The van der Waals surface area contributed by atoms with Crippen molar-refractivity contribution in [2.75, 3.05) is 52.9 Å². The lowest BCUT2D eigenvalue weighted by atomic mass is 9.88. The van der Waals surface area contributed by atoms with E-state index in [1.165, 1.54) is 122 Å². The number of rotatable bonds is 64. The van der Waals surface area contributed by atoms with Crippen LogP contribution in [0.25, 0.3) is 0 Å². The van der Waals surface area contributed by atoms with Crippen LogP contribution < -0.4 is 21.3 Å². The minimum Gasteiger partial charge on any atom is -0.477 e. The summed E-state index contributed by atoms with van der Waals surface area (Å²) < 4.78 is 83.1. The molecule has 7 heterocycles. The number of unbranched alkanes of at least 4 members (excludes halogenated alkanes) is 28. The predicted molar refractivity (Wildman–Crippen MR) is 483 cm³/mol. The normalized spacial score (nSPS) is 36.3. The molecule has 7 fully saturated rings. The monoisotopic (exact) mass is 1990 g/mol. The molecule has 4 amide bonds. The number of aliphatic hydroxyl groups excluding tert-OH is 21. The van der Waals surface area contributed by atoms with Crippen LogP contribution in [0.15, 0.2) is 24.3 Å². The number of aliphatic carboxylic acids is 1. The number of ether oxygens (including phenoxy) is 14. The van der Waals surface area contributed by atoms with E-state index >= 15 is 0 Å². The smallest absolute Gasteiger partial charge is 0.364 e. The third kappa shape index (κ3) is 35.9. The Bertz CT molecular complexity index is 3470. The van der Waals surface area contributed by atoms with Crippen molar-refractivity contribution in [3.8, 4) is 0 Å². The fraction of sp³-hybridized carbons (Fsp3) is 0.903. The quantitative estimate of drug-likeness (QED) is 0.0211. The van der Waals surface area contributed by atoms with Crippen molar-refractivity contribution in [1.29, 1.82) is 0 Å². The number of carboxylic acids is 1. The van der Waals surface area contributed by atoms with Gasteiger partial charge in [0.25, 0.3) is 5.79 Å². The fourth-order valence-corrected chi connectivity index (χ4v) is 18.5. The van der Waals surface area contributed by atoms with E-state index < -0.39 is 315 Å². The second kappa shape index (κ2) is 63.1. The SMILES string of the molecule is CCCCCCCC/C=C\CCCCCCCCCCCCCC(=O)N[C@@H](CO[C@@H]1OC(CO)[C@@H](O[C@@H]2OC(CO)[C@H](O)[C@H](O[C@@H]3OC(CO)[C@@H](O[C@@H]4OC(CO)[C@H](O)[C@H](O[C@@H]5OC(CO)[C@@H](O[C@@H]6OC(CO)[C@H](O)[C@H](O[C@]7(C(=O)O)CC(O)[C@@H](NC(C)=O)C([C@H](O)[C@H](O)CO)O7)C6O)[C@H](O)C5NC(C)=O)C4O)[C@H](O)C3NC(C)=O)C2O)[C@H](O)C1O)[C@H](O)/C=C/CCCCCCCCCCCCC. The molecule has 7 saturated heterocycles. The summed E-state index contributed by atoms with van der Waals surface area (Å²) in [6, 6.07) is -6.69. The van der Waals surface area contributed by atoms with Gasteiger partial charge in [-0.05, 0) is 44.9 Å². The lowest BCUT2D eigenvalue weighted by molar-refractivity contribution is -0.391. The molecule has 802 valence electrons. The number of nitrogens with one attached hydrogen (secondary N) is 4. The summed E-state index contributed by atoms with van der Waals surface area (Å²) in [5, 5.41) is 258. The fourth-order valence-electron chi connectivity index (χ4n) is 18.5. The van der Waals surface area contributed by atoms with Gasteiger partial charge in [0.2, 0.25) is 23.6 Å². The van der Waals surface area contributed by atoms with Gasteiger partial charge >= 0.3 is 5.97 Å². The van der Waals surface area contributed by atoms with Crippen LogP contribution in [0.3, 0.4) is 0 Å². The Hall–Kier alpha value is -4.57. The summed E-state index contributed by atoms with van der Waals surface area (Å²) >= 11 is 0. The molecule has 7 aliphatic heterocycles. The van der Waals surface area contributed by atoms with E-state index in [9.17, 15) is 136 Å². The Labute approximate surface area is 806 Å². The molecular formula is C93H164N4O41. The summed E-state index contributed by atoms with van der Waals surface area (Å²) in [7, 11) is 0. The second-order valence-electron chi connectivity index (χ2n) is 37.4. The highest BCUT2D eigenvalue weighted by Gasteiger charge is 2.63. The maximum atomic E-state index is 13.6. The first-order valence-electron chi connectivity index (χ1n) is 49.8. The molecule has 0 radical (unpaired) electrons. The van der Waals surface area contributed by atoms with Gasteiger partial charge in [-0.2, -0.15) is 0 Å². The first kappa shape index (κ1) is 120. The number of aliphatic hydroxyl groups is 21. The Morgan fingerprint density at radius 3 is 1.09 bits per heavy atom. The van der Waals surface area contributed by atoms with Crippen LogP contribution in [0.5, 0.6) is 0 Å². The number of hydrogen-bond donors (Lipinski definition) is 26. The van der Waals surface area contributed by atoms with E-state index in [1.54, 1.807) is 6.08 Å². The van der Waals surface area contributed by atoms with Crippen LogP contribution in [-0.4, -0.2) is 427 Å². The van der Waals surface area contributed by atoms with Gasteiger partial charge in [0.1, 0.15) is 165 Å². The molecule has 7 rings (SSSR count). The van der Waals surface area contributed by atoms with Crippen molar-refractivity contribution < 1.29 is 203 Å². The van der Waals surface area contributed by atoms with Crippen LogP contribution >= 0.6 is 0 Å². The highest BCUT2D eigenvalue weighted by atomic mass is 16.8. The lowest BCUT2D eigenvalue weighted by Gasteiger charge is -2.51. The van der Waals surface area contributed by atoms with Gasteiger partial charge in [-0.25, -0.2) is 4.79 Å². The summed E-state index contributed by atoms with van der Waals surface area (Å²) in [6.07, 6.45) is -25.8. The molecule has 45 nitrogen and oxygen atoms in total. The van der Waals surface area contributed by atoms with Crippen molar-refractivity contribution in [3.05, 3.63) is 24.3 Å². The van der Waals surface area contributed by atoms with Crippen LogP contribution in [0, 0.1) is 0 Å². The van der Waals surface area contributed by atoms with Crippen molar-refractivity contribution in [1.82, 2.24) is 21.3 Å². The van der Waals surface area contributed by atoms with Crippen LogP contribution in [0.2, 0.25) is 0 Å². The summed E-state index contributed by atoms with van der Waals surface area (Å²) in [4.78, 5) is 65.2. The van der Waals surface area contributed by atoms with Gasteiger partial charge in [-0.15, -0.1) is 0 Å². The van der Waals surface area contributed by atoms with Gasteiger partial charge in [-0.3, -0.25) is 19.2 Å². The average molecular weight is 1990 g/mol. The number of amides is 4. The zero-order valence-corrected chi connectivity index (χ0v) is 80.3. The molecule has 0 aromatic carbocycles. The second-order valence-corrected chi connectivity index (χ2v) is 37.4. The first-order valence-corrected chi connectivity index (χ1v) is 49.8. The molecule has 0 spiro atoms. The van der Waals surface area contributed by atoms with Crippen molar-refractivity contribution in [3.63, 3.8) is 0 Å². The predicted octanol–water partition coefficient (Wildman–Crippen LogP) is -3.13. The van der Waals surface area contributed by atoms with Crippen molar-refractivity contribution >= 4 is 29.6 Å². The molecule has 14 unspecified atom stereocenters. The number of hydrogen-bond acceptors (Lipinski definition) is 40. The first-order chi connectivity index (χ1) is 66.1. The highest BCUT2D eigenvalue weighted by molar-refractivity contribution is 5.77. The van der Waals surface area contributed by atoms with E-state index in [2.05, 4.69) is 47.3 Å². The Balaban J connectivity index is 0.984. The van der Waals surface area contributed by atoms with Gasteiger partial charge in [0.15, 0.2) is 37.7 Å². The molecule has 0 aliphatic carbocycles. The van der Waals surface area contributed by atoms with E-state index in [0.29, 0.717) is 12.8 Å². The highest BCUT2D eigenvalue weighted by Crippen LogP contribution is 2.42. The molecule has 45 heteroatoms. The molecule has 7 aliphatic rings. The van der Waals surface area contributed by atoms with Crippen molar-refractivity contribution in [2.24, 2.45) is 0 Å². The zero-order valence-electron chi connectivity index (χ0n) is 80.3. The minimum absolute atomic E-state index is 0.149. The molecule has 138 heavy (non-hydrogen) atoms. The molecule has 38 atom stereocenters. The topological polar surface area (TPSA) is 708 Å². The largest absolute Gasteiger partial charge is 0.477 e. The Kier molecular flexibility index (Phi) is 55.0. The van der Waals surface area contributed by atoms with E-state index in [0.717, 1.165) is 85.0 Å². The lowest BCUT2D eigenvalue weighted by Crippen LogP contribution is -2.71. The van der Waals surface area contributed by atoms with E-state index in [4.69, 9.17) is 66.3 Å². The number of carbonyl (C=O) groups is 5. The summed E-state index contributed by atoms with van der Waals surface area (Å²) in [5.41, 5.74) is 0. The molecule has 26 N–H and O–H groups in total. The maximum Gasteiger partial charge on any atom is 0.364 e. The van der Waals surface area contributed by atoms with Gasteiger partial charge in [-0.1, -0.05) is 192 Å². The summed E-state index contributed by atoms with van der Waals surface area (Å²) in [6.45, 7) is -0.981. The molecule has 0 aromatic rings. The van der Waals surface area contributed by atoms with E-state index in [1.807, 2.05) is 6.08 Å². The zero-order chi connectivity index (χ0) is 101. The number of carbonyl (C=O) groups excluding carboxylic acids is 4. The van der Waals surface area contributed by atoms with Gasteiger partial charge in [0, 0.05) is 33.6 Å². The molecule has 0 bridgehead atoms. The van der Waals surface area contributed by atoms with Gasteiger partial charge < -0.3 is 200 Å². The molecule has 0 aromatic heterocycles.